The van der Waals surface area contributed by atoms with E-state index in [0.717, 1.165) is 10.6 Å². The van der Waals surface area contributed by atoms with Crippen LogP contribution in [0.3, 0.4) is 0 Å². The van der Waals surface area contributed by atoms with Crippen LogP contribution < -0.4 is 10.2 Å². The molecule has 1 aliphatic carbocycles. The third-order valence-corrected chi connectivity index (χ3v) is 6.19. The van der Waals surface area contributed by atoms with Gasteiger partial charge in [-0.15, -0.1) is 0 Å². The first kappa shape index (κ1) is 19.9. The minimum absolute atomic E-state index is 0.258. The van der Waals surface area contributed by atoms with E-state index in [1.54, 1.807) is 25.1 Å². The molecule has 0 saturated carbocycles. The van der Waals surface area contributed by atoms with Gasteiger partial charge in [-0.2, -0.15) is 0 Å². The van der Waals surface area contributed by atoms with Crippen molar-refractivity contribution in [2.24, 2.45) is 11.8 Å². The Morgan fingerprint density at radius 3 is 2.38 bits per heavy atom. The van der Waals surface area contributed by atoms with Crippen LogP contribution in [0.1, 0.15) is 19.8 Å². The lowest BCUT2D eigenvalue weighted by atomic mass is 9.85. The van der Waals surface area contributed by atoms with Gasteiger partial charge in [0.1, 0.15) is 6.04 Å². The van der Waals surface area contributed by atoms with Gasteiger partial charge in [0.25, 0.3) is 0 Å². The van der Waals surface area contributed by atoms with E-state index in [4.69, 9.17) is 16.3 Å². The first-order chi connectivity index (χ1) is 14.0. The lowest BCUT2D eigenvalue weighted by molar-refractivity contribution is -0.146. The van der Waals surface area contributed by atoms with Crippen molar-refractivity contribution in [1.82, 2.24) is 4.90 Å². The number of nitrogens with zero attached hydrogens (tertiary/aromatic N) is 2. The van der Waals surface area contributed by atoms with E-state index in [1.165, 1.54) is 0 Å². The lowest BCUT2D eigenvalue weighted by Crippen LogP contribution is -2.46. The standard InChI is InChI=1S/C21H24ClN3O4/c1-13(25-20(27)14-5-2-3-6-15(14)21(25)28)19(26)23-17-8-4-7-16(22)18(17)24-9-11-29-12-10-24/h2-4,7-8,13-15H,5-6,9-12H2,1H3,(H,23,26)/t13-,14+,15+/m1/s1. The van der Waals surface area contributed by atoms with Gasteiger partial charge in [0.05, 0.1) is 41.4 Å². The molecule has 2 aliphatic heterocycles. The van der Waals surface area contributed by atoms with Crippen LogP contribution in [0.2, 0.25) is 5.02 Å². The third kappa shape index (κ3) is 3.65. The molecule has 0 unspecified atom stereocenters. The highest BCUT2D eigenvalue weighted by Gasteiger charge is 2.50. The lowest BCUT2D eigenvalue weighted by Gasteiger charge is -2.31. The van der Waals surface area contributed by atoms with Crippen molar-refractivity contribution in [3.8, 4) is 0 Å². The molecule has 2 heterocycles. The number of allylic oxidation sites excluding steroid dienone is 2. The van der Waals surface area contributed by atoms with Crippen LogP contribution in [-0.2, 0) is 19.1 Å². The summed E-state index contributed by atoms with van der Waals surface area (Å²) in [7, 11) is 0. The number of hydrogen-bond donors (Lipinski definition) is 1. The second kappa shape index (κ2) is 8.16. The number of imide groups is 1. The molecule has 0 bridgehead atoms. The summed E-state index contributed by atoms with van der Waals surface area (Å²) in [6, 6.07) is 4.42. The number of benzene rings is 1. The van der Waals surface area contributed by atoms with Crippen molar-refractivity contribution in [1.29, 1.82) is 0 Å². The predicted octanol–water partition coefficient (Wildman–Crippen LogP) is 2.45. The van der Waals surface area contributed by atoms with Gasteiger partial charge in [-0.05, 0) is 31.9 Å². The topological polar surface area (TPSA) is 79.0 Å². The number of carbonyl (C=O) groups excluding carboxylic acids is 3. The molecule has 29 heavy (non-hydrogen) atoms. The molecule has 7 nitrogen and oxygen atoms in total. The molecule has 2 saturated heterocycles. The molecule has 0 radical (unpaired) electrons. The molecule has 1 N–H and O–H groups in total. The van der Waals surface area contributed by atoms with Gasteiger partial charge in [-0.1, -0.05) is 29.8 Å². The van der Waals surface area contributed by atoms with E-state index in [2.05, 4.69) is 10.2 Å². The molecule has 1 aromatic carbocycles. The zero-order chi connectivity index (χ0) is 20.5. The molecule has 0 aromatic heterocycles. The number of ether oxygens (including phenoxy) is 1. The molecule has 8 heteroatoms. The molecular weight excluding hydrogens is 394 g/mol. The minimum atomic E-state index is -0.892. The van der Waals surface area contributed by atoms with Crippen molar-refractivity contribution in [2.75, 3.05) is 36.5 Å². The predicted molar refractivity (Wildman–Crippen MR) is 110 cm³/mol. The molecule has 154 valence electrons. The Kier molecular flexibility index (Phi) is 5.61. The monoisotopic (exact) mass is 417 g/mol. The van der Waals surface area contributed by atoms with Gasteiger partial charge in [0, 0.05) is 13.1 Å². The molecule has 3 amide bonds. The number of likely N-dealkylation sites (tertiary alicyclic amines) is 1. The van der Waals surface area contributed by atoms with Crippen LogP contribution in [-0.4, -0.2) is 55.0 Å². The van der Waals surface area contributed by atoms with Crippen molar-refractivity contribution in [2.45, 2.75) is 25.8 Å². The SMILES string of the molecule is C[C@H](C(=O)Nc1cccc(Cl)c1N1CCOCC1)N1C(=O)[C@H]2CC=CC[C@@H]2C1=O. The zero-order valence-corrected chi connectivity index (χ0v) is 17.0. The fourth-order valence-corrected chi connectivity index (χ4v) is 4.58. The molecule has 3 aliphatic rings. The third-order valence-electron chi connectivity index (χ3n) is 5.88. The molecular formula is C21H24ClN3O4. The summed E-state index contributed by atoms with van der Waals surface area (Å²) in [5, 5.41) is 3.41. The second-order valence-electron chi connectivity index (χ2n) is 7.60. The van der Waals surface area contributed by atoms with Crippen LogP contribution in [0, 0.1) is 11.8 Å². The fraction of sp³-hybridized carbons (Fsp3) is 0.476. The highest BCUT2D eigenvalue weighted by atomic mass is 35.5. The van der Waals surface area contributed by atoms with Crippen molar-refractivity contribution in [3.05, 3.63) is 35.4 Å². The van der Waals surface area contributed by atoms with Gasteiger partial charge >= 0.3 is 0 Å². The maximum Gasteiger partial charge on any atom is 0.247 e. The summed E-state index contributed by atoms with van der Waals surface area (Å²) in [4.78, 5) is 41.7. The minimum Gasteiger partial charge on any atom is -0.378 e. The second-order valence-corrected chi connectivity index (χ2v) is 8.01. The van der Waals surface area contributed by atoms with Crippen LogP contribution >= 0.6 is 11.6 Å². The number of rotatable bonds is 4. The van der Waals surface area contributed by atoms with E-state index in [9.17, 15) is 14.4 Å². The van der Waals surface area contributed by atoms with Gasteiger partial charge < -0.3 is 15.0 Å². The van der Waals surface area contributed by atoms with Crippen LogP contribution in [0.25, 0.3) is 0 Å². The van der Waals surface area contributed by atoms with Crippen molar-refractivity contribution in [3.63, 3.8) is 0 Å². The van der Waals surface area contributed by atoms with E-state index in [1.807, 2.05) is 12.2 Å². The number of anilines is 2. The Labute approximate surface area is 174 Å². The molecule has 1 aromatic rings. The Morgan fingerprint density at radius 2 is 1.76 bits per heavy atom. The smallest absolute Gasteiger partial charge is 0.247 e. The van der Waals surface area contributed by atoms with Crippen molar-refractivity contribution >= 4 is 40.7 Å². The maximum atomic E-state index is 13.0. The van der Waals surface area contributed by atoms with Gasteiger partial charge in [-0.3, -0.25) is 19.3 Å². The van der Waals surface area contributed by atoms with E-state index < -0.39 is 11.9 Å². The Morgan fingerprint density at radius 1 is 1.14 bits per heavy atom. The molecule has 0 spiro atoms. The van der Waals surface area contributed by atoms with Crippen LogP contribution in [0.5, 0.6) is 0 Å². The Balaban J connectivity index is 1.53. The summed E-state index contributed by atoms with van der Waals surface area (Å²) in [5.74, 6) is -1.62. The summed E-state index contributed by atoms with van der Waals surface area (Å²) in [6.07, 6.45) is 4.97. The van der Waals surface area contributed by atoms with Gasteiger partial charge in [-0.25, -0.2) is 0 Å². The van der Waals surface area contributed by atoms with Crippen LogP contribution in [0.15, 0.2) is 30.4 Å². The van der Waals surface area contributed by atoms with E-state index in [-0.39, 0.29) is 23.7 Å². The van der Waals surface area contributed by atoms with Crippen molar-refractivity contribution < 1.29 is 19.1 Å². The highest BCUT2D eigenvalue weighted by Crippen LogP contribution is 2.37. The van der Waals surface area contributed by atoms with Crippen LogP contribution in [0.4, 0.5) is 11.4 Å². The number of nitrogens with one attached hydrogen (secondary N) is 1. The fourth-order valence-electron chi connectivity index (χ4n) is 4.29. The Bertz CT molecular complexity index is 839. The number of para-hydroxylation sites is 1. The number of hydrogen-bond acceptors (Lipinski definition) is 5. The molecule has 3 atom stereocenters. The summed E-state index contributed by atoms with van der Waals surface area (Å²) >= 11 is 6.42. The van der Waals surface area contributed by atoms with E-state index in [0.29, 0.717) is 49.9 Å². The molecule has 2 fully saturated rings. The first-order valence-electron chi connectivity index (χ1n) is 9.93. The number of amides is 3. The largest absolute Gasteiger partial charge is 0.378 e. The zero-order valence-electron chi connectivity index (χ0n) is 16.3. The number of morpholine rings is 1. The van der Waals surface area contributed by atoms with Gasteiger partial charge in [0.2, 0.25) is 17.7 Å². The summed E-state index contributed by atoms with van der Waals surface area (Å²) in [5.41, 5.74) is 1.30. The Hall–Kier alpha value is -2.38. The normalized spacial score (nSPS) is 25.2. The average Bonchev–Trinajstić information content (AvgIpc) is 2.99. The number of fused-ring (bicyclic) bond motifs is 1. The number of carbonyl (C=O) groups is 3. The van der Waals surface area contributed by atoms with E-state index >= 15 is 0 Å². The molecule has 4 rings (SSSR count). The van der Waals surface area contributed by atoms with Gasteiger partial charge in [0.15, 0.2) is 0 Å². The summed E-state index contributed by atoms with van der Waals surface area (Å²) in [6.45, 7) is 4.10. The average molecular weight is 418 g/mol. The quantitative estimate of drug-likeness (QED) is 0.601. The number of halogens is 1. The summed E-state index contributed by atoms with van der Waals surface area (Å²) < 4.78 is 5.40. The maximum absolute atomic E-state index is 13.0. The highest BCUT2D eigenvalue weighted by molar-refractivity contribution is 6.34. The first-order valence-corrected chi connectivity index (χ1v) is 10.3.